The van der Waals surface area contributed by atoms with E-state index < -0.39 is 5.97 Å². The summed E-state index contributed by atoms with van der Waals surface area (Å²) in [5, 5.41) is 10.5. The first-order valence-electron chi connectivity index (χ1n) is 6.52. The quantitative estimate of drug-likeness (QED) is 0.772. The number of imidazole rings is 1. The zero-order valence-electron chi connectivity index (χ0n) is 11.3. The summed E-state index contributed by atoms with van der Waals surface area (Å²) in [5.74, 6) is -0.946. The Morgan fingerprint density at radius 2 is 2.10 bits per heavy atom. The minimum atomic E-state index is -0.946. The first-order chi connectivity index (χ1) is 10.2. The van der Waals surface area contributed by atoms with Gasteiger partial charge in [0.2, 0.25) is 0 Å². The molecule has 0 radical (unpaired) electrons. The SMILES string of the molecule is CCc1cc(C(=O)O)cc(Sc2nc3ccccc3[nH]2)n1. The van der Waals surface area contributed by atoms with E-state index in [-0.39, 0.29) is 5.56 Å². The van der Waals surface area contributed by atoms with E-state index in [0.29, 0.717) is 16.6 Å². The maximum Gasteiger partial charge on any atom is 0.335 e. The molecule has 1 aromatic carbocycles. The molecule has 2 heterocycles. The molecule has 21 heavy (non-hydrogen) atoms. The van der Waals surface area contributed by atoms with Gasteiger partial charge in [-0.1, -0.05) is 19.1 Å². The number of hydrogen-bond donors (Lipinski definition) is 2. The lowest BCUT2D eigenvalue weighted by atomic mass is 10.2. The van der Waals surface area contributed by atoms with Gasteiger partial charge in [0, 0.05) is 5.69 Å². The zero-order chi connectivity index (χ0) is 14.8. The molecule has 0 saturated carbocycles. The van der Waals surface area contributed by atoms with Crippen LogP contribution >= 0.6 is 11.8 Å². The largest absolute Gasteiger partial charge is 0.478 e. The Morgan fingerprint density at radius 3 is 2.81 bits per heavy atom. The first-order valence-corrected chi connectivity index (χ1v) is 7.34. The van der Waals surface area contributed by atoms with Crippen molar-refractivity contribution in [3.63, 3.8) is 0 Å². The molecule has 3 aromatic rings. The van der Waals surface area contributed by atoms with E-state index in [1.165, 1.54) is 11.8 Å². The number of aromatic amines is 1. The van der Waals surface area contributed by atoms with Crippen LogP contribution in [0.3, 0.4) is 0 Å². The van der Waals surface area contributed by atoms with Gasteiger partial charge < -0.3 is 10.1 Å². The number of fused-ring (bicyclic) bond motifs is 1. The van der Waals surface area contributed by atoms with Gasteiger partial charge in [-0.2, -0.15) is 0 Å². The standard InChI is InChI=1S/C15H13N3O2S/c1-2-10-7-9(14(19)20)8-13(16-10)21-15-17-11-5-3-4-6-12(11)18-15/h3-8H,2H2,1H3,(H,17,18)(H,19,20). The van der Waals surface area contributed by atoms with Crippen LogP contribution in [-0.4, -0.2) is 26.0 Å². The van der Waals surface area contributed by atoms with Crippen LogP contribution in [0, 0.1) is 0 Å². The van der Waals surface area contributed by atoms with E-state index in [2.05, 4.69) is 15.0 Å². The molecule has 0 aliphatic heterocycles. The van der Waals surface area contributed by atoms with Crippen molar-refractivity contribution in [2.75, 3.05) is 0 Å². The molecule has 106 valence electrons. The molecule has 0 aliphatic rings. The number of aryl methyl sites for hydroxylation is 1. The fourth-order valence-corrected chi connectivity index (χ4v) is 2.85. The van der Waals surface area contributed by atoms with E-state index in [4.69, 9.17) is 5.11 Å². The Bertz CT molecular complexity index is 781. The molecular weight excluding hydrogens is 286 g/mol. The molecule has 0 fully saturated rings. The fourth-order valence-electron chi connectivity index (χ4n) is 1.99. The second kappa shape index (κ2) is 5.57. The van der Waals surface area contributed by atoms with Gasteiger partial charge in [-0.3, -0.25) is 0 Å². The number of pyridine rings is 1. The van der Waals surface area contributed by atoms with E-state index in [1.807, 2.05) is 31.2 Å². The molecule has 0 bridgehead atoms. The monoisotopic (exact) mass is 299 g/mol. The summed E-state index contributed by atoms with van der Waals surface area (Å²) < 4.78 is 0. The van der Waals surface area contributed by atoms with Gasteiger partial charge in [-0.25, -0.2) is 14.8 Å². The third-order valence-electron chi connectivity index (χ3n) is 3.03. The molecule has 0 spiro atoms. The topological polar surface area (TPSA) is 78.9 Å². The highest BCUT2D eigenvalue weighted by Crippen LogP contribution is 2.27. The molecule has 0 amide bonds. The minimum Gasteiger partial charge on any atom is -0.478 e. The van der Waals surface area contributed by atoms with Crippen LogP contribution in [0.25, 0.3) is 11.0 Å². The number of carboxylic acids is 1. The lowest BCUT2D eigenvalue weighted by molar-refractivity contribution is 0.0696. The van der Waals surface area contributed by atoms with Crippen molar-refractivity contribution in [3.05, 3.63) is 47.7 Å². The van der Waals surface area contributed by atoms with Crippen molar-refractivity contribution in [1.82, 2.24) is 15.0 Å². The van der Waals surface area contributed by atoms with Crippen LogP contribution in [0.2, 0.25) is 0 Å². The van der Waals surface area contributed by atoms with Crippen LogP contribution in [-0.2, 0) is 6.42 Å². The van der Waals surface area contributed by atoms with Gasteiger partial charge in [0.15, 0.2) is 5.16 Å². The predicted molar refractivity (Wildman–Crippen MR) is 80.8 cm³/mol. The summed E-state index contributed by atoms with van der Waals surface area (Å²) >= 11 is 1.33. The number of para-hydroxylation sites is 2. The van der Waals surface area contributed by atoms with Crippen LogP contribution in [0.4, 0.5) is 0 Å². The molecule has 0 unspecified atom stereocenters. The third kappa shape index (κ3) is 2.90. The second-order valence-electron chi connectivity index (χ2n) is 4.51. The predicted octanol–water partition coefficient (Wildman–Crippen LogP) is 3.37. The summed E-state index contributed by atoms with van der Waals surface area (Å²) in [6.45, 7) is 1.95. The maximum absolute atomic E-state index is 11.2. The number of hydrogen-bond acceptors (Lipinski definition) is 4. The van der Waals surface area contributed by atoms with Crippen molar-refractivity contribution in [2.45, 2.75) is 23.5 Å². The Labute approximate surface area is 125 Å². The molecule has 5 nitrogen and oxygen atoms in total. The van der Waals surface area contributed by atoms with Gasteiger partial charge in [0.1, 0.15) is 5.03 Å². The van der Waals surface area contributed by atoms with Crippen molar-refractivity contribution < 1.29 is 9.90 Å². The highest BCUT2D eigenvalue weighted by atomic mass is 32.2. The normalized spacial score (nSPS) is 10.9. The number of H-pyrrole nitrogens is 1. The van der Waals surface area contributed by atoms with Gasteiger partial charge in [0.25, 0.3) is 0 Å². The Balaban J connectivity index is 1.96. The van der Waals surface area contributed by atoms with Gasteiger partial charge in [-0.05, 0) is 42.4 Å². The van der Waals surface area contributed by atoms with E-state index >= 15 is 0 Å². The number of carbonyl (C=O) groups is 1. The molecule has 6 heteroatoms. The number of aromatic carboxylic acids is 1. The zero-order valence-corrected chi connectivity index (χ0v) is 12.1. The van der Waals surface area contributed by atoms with Crippen LogP contribution in [0.5, 0.6) is 0 Å². The molecular formula is C15H13N3O2S. The second-order valence-corrected chi connectivity index (χ2v) is 5.51. The lowest BCUT2D eigenvalue weighted by Gasteiger charge is -2.03. The maximum atomic E-state index is 11.2. The van der Waals surface area contributed by atoms with Crippen molar-refractivity contribution in [1.29, 1.82) is 0 Å². The van der Waals surface area contributed by atoms with Crippen LogP contribution < -0.4 is 0 Å². The highest BCUT2D eigenvalue weighted by Gasteiger charge is 2.11. The van der Waals surface area contributed by atoms with E-state index in [0.717, 1.165) is 16.7 Å². The molecule has 0 saturated heterocycles. The van der Waals surface area contributed by atoms with Gasteiger partial charge in [-0.15, -0.1) is 0 Å². The fraction of sp³-hybridized carbons (Fsp3) is 0.133. The van der Waals surface area contributed by atoms with Crippen LogP contribution in [0.15, 0.2) is 46.6 Å². The minimum absolute atomic E-state index is 0.250. The molecule has 2 aromatic heterocycles. The first kappa shape index (κ1) is 13.6. The van der Waals surface area contributed by atoms with Crippen molar-refractivity contribution in [3.8, 4) is 0 Å². The summed E-state index contributed by atoms with van der Waals surface area (Å²) in [6.07, 6.45) is 0.689. The number of nitrogens with one attached hydrogen (secondary N) is 1. The summed E-state index contributed by atoms with van der Waals surface area (Å²) in [6, 6.07) is 10.9. The van der Waals surface area contributed by atoms with Crippen LogP contribution in [0.1, 0.15) is 23.0 Å². The van der Waals surface area contributed by atoms with E-state index in [9.17, 15) is 4.79 Å². The van der Waals surface area contributed by atoms with Crippen molar-refractivity contribution in [2.24, 2.45) is 0 Å². The van der Waals surface area contributed by atoms with E-state index in [1.54, 1.807) is 12.1 Å². The average molecular weight is 299 g/mol. The van der Waals surface area contributed by atoms with Crippen molar-refractivity contribution >= 4 is 28.8 Å². The lowest BCUT2D eigenvalue weighted by Crippen LogP contribution is -2.00. The molecule has 0 aliphatic carbocycles. The average Bonchev–Trinajstić information content (AvgIpc) is 2.88. The third-order valence-corrected chi connectivity index (χ3v) is 3.84. The molecule has 2 N–H and O–H groups in total. The highest BCUT2D eigenvalue weighted by molar-refractivity contribution is 7.99. The van der Waals surface area contributed by atoms with Gasteiger partial charge in [0.05, 0.1) is 16.6 Å². The smallest absolute Gasteiger partial charge is 0.335 e. The number of carboxylic acid groups (broad SMARTS) is 1. The number of rotatable bonds is 4. The van der Waals surface area contributed by atoms with Gasteiger partial charge >= 0.3 is 5.97 Å². The summed E-state index contributed by atoms with van der Waals surface area (Å²) in [5.41, 5.74) is 2.84. The number of benzene rings is 1. The molecule has 0 atom stereocenters. The Hall–Kier alpha value is -2.34. The Morgan fingerprint density at radius 1 is 1.29 bits per heavy atom. The Kier molecular flexibility index (Phi) is 3.62. The molecule has 3 rings (SSSR count). The summed E-state index contributed by atoms with van der Waals surface area (Å²) in [7, 11) is 0. The number of aromatic nitrogens is 3. The summed E-state index contributed by atoms with van der Waals surface area (Å²) in [4.78, 5) is 23.2. The number of nitrogens with zero attached hydrogens (tertiary/aromatic N) is 2.